The Morgan fingerprint density at radius 3 is 2.53 bits per heavy atom. The molecule has 12 heteroatoms. The number of halogens is 2. The van der Waals surface area contributed by atoms with E-state index in [0.29, 0.717) is 49.1 Å². The van der Waals surface area contributed by atoms with Crippen LogP contribution in [0.3, 0.4) is 0 Å². The summed E-state index contributed by atoms with van der Waals surface area (Å²) in [5.74, 6) is -1.00. The van der Waals surface area contributed by atoms with Gasteiger partial charge in [0.15, 0.2) is 9.84 Å². The minimum Gasteiger partial charge on any atom is -0.338 e. The van der Waals surface area contributed by atoms with Crippen LogP contribution < -0.4 is 5.73 Å². The van der Waals surface area contributed by atoms with Gasteiger partial charge in [-0.15, -0.1) is 0 Å². The van der Waals surface area contributed by atoms with E-state index in [1.807, 2.05) is 13.0 Å². The number of fused-ring (bicyclic) bond motifs is 1. The minimum atomic E-state index is -3.28. The van der Waals surface area contributed by atoms with E-state index in [1.54, 1.807) is 40.1 Å². The van der Waals surface area contributed by atoms with Gasteiger partial charge in [0.25, 0.3) is 0 Å². The van der Waals surface area contributed by atoms with Gasteiger partial charge in [0.05, 0.1) is 28.2 Å². The van der Waals surface area contributed by atoms with E-state index in [4.69, 9.17) is 5.73 Å². The first-order valence-corrected chi connectivity index (χ1v) is 16.4. The number of rotatable bonds is 7. The molecule has 1 amide bonds. The number of hydrogen-bond acceptors (Lipinski definition) is 7. The quantitative estimate of drug-likeness (QED) is 0.336. The Morgan fingerprint density at radius 2 is 1.86 bits per heavy atom. The molecule has 4 heterocycles. The van der Waals surface area contributed by atoms with E-state index < -0.39 is 32.8 Å². The van der Waals surface area contributed by atoms with Gasteiger partial charge in [-0.25, -0.2) is 26.7 Å². The first-order valence-electron chi connectivity index (χ1n) is 14.5. The third kappa shape index (κ3) is 5.77. The lowest BCUT2D eigenvalue weighted by Crippen LogP contribution is -2.48. The molecule has 2 fully saturated rings. The van der Waals surface area contributed by atoms with Crippen molar-refractivity contribution in [2.45, 2.75) is 62.8 Å². The fourth-order valence-corrected chi connectivity index (χ4v) is 8.65. The van der Waals surface area contributed by atoms with Gasteiger partial charge in [0, 0.05) is 50.6 Å². The molecule has 1 aliphatic heterocycles. The van der Waals surface area contributed by atoms with E-state index in [1.165, 1.54) is 18.4 Å². The molecule has 0 bridgehead atoms. The summed E-state index contributed by atoms with van der Waals surface area (Å²) in [7, 11) is -3.28. The zero-order valence-corrected chi connectivity index (χ0v) is 24.9. The number of imidazole rings is 1. The van der Waals surface area contributed by atoms with Gasteiger partial charge in [-0.2, -0.15) is 5.10 Å². The molecule has 1 aromatic carbocycles. The smallest absolute Gasteiger partial charge is 0.222 e. The molecule has 1 aliphatic carbocycles. The Bertz CT molecular complexity index is 1780. The average Bonchev–Trinajstić information content (AvgIpc) is 3.52. The highest BCUT2D eigenvalue weighted by Crippen LogP contribution is 2.39. The topological polar surface area (TPSA) is 124 Å². The summed E-state index contributed by atoms with van der Waals surface area (Å²) in [6.45, 7) is 2.68. The number of carbonyl (C=O) groups excluding carboxylic acids is 1. The molecule has 226 valence electrons. The lowest BCUT2D eigenvalue weighted by atomic mass is 9.75. The SMILES string of the molecule is C[C@H]1C[C@@H](c2ccncc2Cc2ncc3ccc(-c4c(F)cc(CN5CCCC5=O)cc4F)nn23)C[C@@H](N)[C@H]1S(C)(=O)=O. The molecular formula is C31H34F2N6O3S. The molecule has 4 aromatic rings. The lowest BCUT2D eigenvalue weighted by Gasteiger charge is -2.38. The molecular weight excluding hydrogens is 574 g/mol. The minimum absolute atomic E-state index is 0.0136. The standard InChI is InChI=1S/C31H34F2N6O3S/c1-18-10-20(13-26(34)31(18)43(2,41)42)23-7-8-35-15-21(23)14-28-36-16-22-5-6-27(37-39(22)28)30-24(32)11-19(12-25(30)33)17-38-9-3-4-29(38)40/h5-8,11-12,15-16,18,20,26,31H,3-4,9-10,13-14,17,34H2,1-2H3/t18-,20+,26+,31-/m0/s1. The third-order valence-corrected chi connectivity index (χ3v) is 10.6. The van der Waals surface area contributed by atoms with Crippen molar-refractivity contribution in [1.82, 2.24) is 24.5 Å². The maximum Gasteiger partial charge on any atom is 0.222 e. The summed E-state index contributed by atoms with van der Waals surface area (Å²) in [6.07, 6.45) is 9.15. The fourth-order valence-electron chi connectivity index (χ4n) is 6.95. The zero-order chi connectivity index (χ0) is 30.5. The van der Waals surface area contributed by atoms with Gasteiger partial charge in [-0.3, -0.25) is 9.78 Å². The number of hydrogen-bond donors (Lipinski definition) is 1. The number of carbonyl (C=O) groups is 1. The van der Waals surface area contributed by atoms with Gasteiger partial charge in [-0.1, -0.05) is 6.92 Å². The Labute approximate surface area is 249 Å². The van der Waals surface area contributed by atoms with Gasteiger partial charge >= 0.3 is 0 Å². The van der Waals surface area contributed by atoms with E-state index >= 15 is 8.78 Å². The number of aromatic nitrogens is 4. The second kappa shape index (κ2) is 11.4. The predicted molar refractivity (Wildman–Crippen MR) is 158 cm³/mol. The third-order valence-electron chi connectivity index (χ3n) is 8.78. The summed E-state index contributed by atoms with van der Waals surface area (Å²) in [6, 6.07) is 7.26. The van der Waals surface area contributed by atoms with Crippen molar-refractivity contribution < 1.29 is 22.0 Å². The predicted octanol–water partition coefficient (Wildman–Crippen LogP) is 4.04. The van der Waals surface area contributed by atoms with Crippen molar-refractivity contribution in [3.05, 3.63) is 83.1 Å². The molecule has 0 radical (unpaired) electrons. The first kappa shape index (κ1) is 29.3. The van der Waals surface area contributed by atoms with Gasteiger partial charge in [0.1, 0.15) is 17.5 Å². The van der Waals surface area contributed by atoms with E-state index in [-0.39, 0.29) is 35.5 Å². The van der Waals surface area contributed by atoms with Crippen molar-refractivity contribution in [3.63, 3.8) is 0 Å². The summed E-state index contributed by atoms with van der Waals surface area (Å²) < 4.78 is 56.9. The highest BCUT2D eigenvalue weighted by molar-refractivity contribution is 7.91. The molecule has 9 nitrogen and oxygen atoms in total. The van der Waals surface area contributed by atoms with Gasteiger partial charge in [0.2, 0.25) is 5.91 Å². The highest BCUT2D eigenvalue weighted by atomic mass is 32.2. The molecule has 0 unspecified atom stereocenters. The van der Waals surface area contributed by atoms with Crippen LogP contribution in [-0.2, 0) is 27.6 Å². The van der Waals surface area contributed by atoms with Crippen LogP contribution in [0.4, 0.5) is 8.78 Å². The molecule has 43 heavy (non-hydrogen) atoms. The molecule has 1 saturated heterocycles. The number of nitrogens with zero attached hydrogens (tertiary/aromatic N) is 5. The summed E-state index contributed by atoms with van der Waals surface area (Å²) in [5.41, 5.74) is 9.26. The van der Waals surface area contributed by atoms with E-state index in [2.05, 4.69) is 15.1 Å². The summed E-state index contributed by atoms with van der Waals surface area (Å²) in [4.78, 5) is 22.5. The van der Waals surface area contributed by atoms with E-state index in [9.17, 15) is 13.2 Å². The summed E-state index contributed by atoms with van der Waals surface area (Å²) >= 11 is 0. The second-order valence-electron chi connectivity index (χ2n) is 11.9. The van der Waals surface area contributed by atoms with Crippen molar-refractivity contribution in [1.29, 1.82) is 0 Å². The number of nitrogens with two attached hydrogens (primary N) is 1. The zero-order valence-electron chi connectivity index (χ0n) is 24.1. The van der Waals surface area contributed by atoms with Crippen molar-refractivity contribution in [3.8, 4) is 11.3 Å². The number of pyridine rings is 1. The first-order chi connectivity index (χ1) is 20.5. The van der Waals surface area contributed by atoms with Crippen LogP contribution in [0, 0.1) is 17.6 Å². The van der Waals surface area contributed by atoms with Crippen molar-refractivity contribution in [2.24, 2.45) is 11.7 Å². The molecule has 0 spiro atoms. The Morgan fingerprint density at radius 1 is 1.09 bits per heavy atom. The normalized spacial score (nSPS) is 22.9. The van der Waals surface area contributed by atoms with Crippen molar-refractivity contribution >= 4 is 21.3 Å². The Balaban J connectivity index is 1.28. The maximum atomic E-state index is 15.3. The van der Waals surface area contributed by atoms with E-state index in [0.717, 1.165) is 17.5 Å². The number of sulfone groups is 1. The van der Waals surface area contributed by atoms with Crippen LogP contribution in [0.2, 0.25) is 0 Å². The summed E-state index contributed by atoms with van der Waals surface area (Å²) in [5, 5.41) is 4.00. The molecule has 2 aliphatic rings. The molecule has 2 N–H and O–H groups in total. The number of likely N-dealkylation sites (tertiary alicyclic amines) is 1. The number of amides is 1. The molecule has 3 aromatic heterocycles. The van der Waals surface area contributed by atoms with Crippen LogP contribution in [0.15, 0.2) is 48.9 Å². The van der Waals surface area contributed by atoms with Crippen LogP contribution in [0.25, 0.3) is 16.8 Å². The Kier molecular flexibility index (Phi) is 7.76. The lowest BCUT2D eigenvalue weighted by molar-refractivity contribution is -0.128. The van der Waals surface area contributed by atoms with Crippen LogP contribution in [-0.4, -0.2) is 62.9 Å². The fraction of sp³-hybridized carbons (Fsp3) is 0.419. The van der Waals surface area contributed by atoms with Gasteiger partial charge < -0.3 is 10.6 Å². The van der Waals surface area contributed by atoms with Crippen LogP contribution in [0.1, 0.15) is 61.0 Å². The molecule has 1 saturated carbocycles. The number of benzene rings is 1. The van der Waals surface area contributed by atoms with Crippen LogP contribution in [0.5, 0.6) is 0 Å². The average molecular weight is 609 g/mol. The molecule has 4 atom stereocenters. The second-order valence-corrected chi connectivity index (χ2v) is 14.1. The maximum absolute atomic E-state index is 15.3. The highest BCUT2D eigenvalue weighted by Gasteiger charge is 2.40. The largest absolute Gasteiger partial charge is 0.338 e. The van der Waals surface area contributed by atoms with Crippen LogP contribution >= 0.6 is 0 Å². The van der Waals surface area contributed by atoms with Gasteiger partial charge in [-0.05, 0) is 78.1 Å². The monoisotopic (exact) mass is 608 g/mol. The Hall–Kier alpha value is -3.77. The van der Waals surface area contributed by atoms with Crippen molar-refractivity contribution in [2.75, 3.05) is 12.8 Å². The molecule has 6 rings (SSSR count).